The number of fused-ring (bicyclic) bond motifs is 1. The molecule has 0 bridgehead atoms. The predicted molar refractivity (Wildman–Crippen MR) is 146 cm³/mol. The molecule has 0 aromatic heterocycles. The minimum Gasteiger partial charge on any atom is -0.493 e. The first-order valence-electron chi connectivity index (χ1n) is 13.5. The average Bonchev–Trinajstić information content (AvgIpc) is 3.45. The third-order valence-corrected chi connectivity index (χ3v) is 8.72. The van der Waals surface area contributed by atoms with E-state index in [9.17, 15) is 18.0 Å². The van der Waals surface area contributed by atoms with Gasteiger partial charge in [-0.05, 0) is 49.8 Å². The van der Waals surface area contributed by atoms with Gasteiger partial charge in [-0.1, -0.05) is 36.4 Å². The summed E-state index contributed by atoms with van der Waals surface area (Å²) in [6.45, 7) is 3.65. The molecule has 10 heteroatoms. The van der Waals surface area contributed by atoms with Crippen LogP contribution in [0.15, 0.2) is 48.5 Å². The second-order valence-corrected chi connectivity index (χ2v) is 12.0. The highest BCUT2D eigenvalue weighted by molar-refractivity contribution is 7.89. The summed E-state index contributed by atoms with van der Waals surface area (Å²) in [5.41, 5.74) is 2.41. The largest absolute Gasteiger partial charge is 0.493 e. The number of hydrogen-bond donors (Lipinski definition) is 2. The molecule has 4 rings (SSSR count). The molecule has 2 aliphatic heterocycles. The molecule has 9 nitrogen and oxygen atoms in total. The van der Waals surface area contributed by atoms with Gasteiger partial charge < -0.3 is 15.4 Å². The van der Waals surface area contributed by atoms with E-state index >= 15 is 0 Å². The summed E-state index contributed by atoms with van der Waals surface area (Å²) in [6.07, 6.45) is 4.41. The summed E-state index contributed by atoms with van der Waals surface area (Å²) in [5.74, 6) is 0.149. The van der Waals surface area contributed by atoms with Crippen molar-refractivity contribution < 1.29 is 22.7 Å². The maximum atomic E-state index is 12.9. The van der Waals surface area contributed by atoms with E-state index in [0.717, 1.165) is 43.2 Å². The van der Waals surface area contributed by atoms with Gasteiger partial charge in [0.1, 0.15) is 5.75 Å². The molecule has 2 N–H and O–H groups in total. The van der Waals surface area contributed by atoms with Crippen LogP contribution >= 0.6 is 0 Å². The van der Waals surface area contributed by atoms with Crippen LogP contribution < -0.4 is 15.4 Å². The molecule has 0 aliphatic carbocycles. The third-order valence-electron chi connectivity index (χ3n) is 6.84. The van der Waals surface area contributed by atoms with Gasteiger partial charge in [0.15, 0.2) is 0 Å². The van der Waals surface area contributed by atoms with Crippen molar-refractivity contribution in [3.8, 4) is 5.75 Å². The van der Waals surface area contributed by atoms with E-state index in [1.807, 2.05) is 36.4 Å². The third kappa shape index (κ3) is 8.28. The summed E-state index contributed by atoms with van der Waals surface area (Å²) < 4.78 is 32.5. The van der Waals surface area contributed by atoms with Crippen molar-refractivity contribution in [1.29, 1.82) is 0 Å². The van der Waals surface area contributed by atoms with Gasteiger partial charge >= 0.3 is 0 Å². The molecular weight excluding hydrogens is 504 g/mol. The predicted octanol–water partition coefficient (Wildman–Crippen LogP) is 2.52. The van der Waals surface area contributed by atoms with Gasteiger partial charge in [-0.15, -0.1) is 0 Å². The molecule has 0 spiro atoms. The molecule has 2 amide bonds. The fraction of sp³-hybridized carbons (Fsp3) is 0.500. The first kappa shape index (κ1) is 28.1. The number of carbonyl (C=O) groups is 2. The molecule has 0 radical (unpaired) electrons. The number of ether oxygens (including phenoxy) is 1. The molecular formula is C28H38N4O5S. The number of sulfonamides is 1. The Morgan fingerprint density at radius 1 is 0.974 bits per heavy atom. The van der Waals surface area contributed by atoms with Gasteiger partial charge in [0.2, 0.25) is 15.9 Å². The van der Waals surface area contributed by atoms with Gasteiger partial charge in [0.05, 0.1) is 18.9 Å². The molecule has 2 aromatic rings. The van der Waals surface area contributed by atoms with Crippen molar-refractivity contribution in [2.75, 3.05) is 45.1 Å². The molecule has 2 aromatic carbocycles. The van der Waals surface area contributed by atoms with Gasteiger partial charge in [-0.2, -0.15) is 0 Å². The molecule has 2 aliphatic rings. The minimum absolute atomic E-state index is 0.0115. The lowest BCUT2D eigenvalue weighted by Crippen LogP contribution is -2.37. The van der Waals surface area contributed by atoms with Crippen LogP contribution in [0.2, 0.25) is 0 Å². The second kappa shape index (κ2) is 13.7. The molecule has 206 valence electrons. The zero-order chi connectivity index (χ0) is 26.8. The Morgan fingerprint density at radius 2 is 1.76 bits per heavy atom. The van der Waals surface area contributed by atoms with Crippen LogP contribution in [-0.2, 0) is 27.9 Å². The van der Waals surface area contributed by atoms with E-state index in [1.54, 1.807) is 12.1 Å². The van der Waals surface area contributed by atoms with Crippen LogP contribution in [0.1, 0.15) is 53.6 Å². The van der Waals surface area contributed by atoms with Gasteiger partial charge in [0, 0.05) is 50.4 Å². The first-order chi connectivity index (χ1) is 18.4. The lowest BCUT2D eigenvalue weighted by molar-refractivity contribution is -0.122. The van der Waals surface area contributed by atoms with Crippen LogP contribution in [0.4, 0.5) is 0 Å². The Morgan fingerprint density at radius 3 is 2.55 bits per heavy atom. The highest BCUT2D eigenvalue weighted by Gasteiger charge is 2.25. The van der Waals surface area contributed by atoms with E-state index in [4.69, 9.17) is 4.74 Å². The van der Waals surface area contributed by atoms with Crippen LogP contribution in [0.5, 0.6) is 5.75 Å². The van der Waals surface area contributed by atoms with E-state index in [0.29, 0.717) is 50.6 Å². The molecule has 0 unspecified atom stereocenters. The van der Waals surface area contributed by atoms with E-state index in [-0.39, 0.29) is 30.7 Å². The lowest BCUT2D eigenvalue weighted by Gasteiger charge is -2.23. The average molecular weight is 543 g/mol. The fourth-order valence-electron chi connectivity index (χ4n) is 4.77. The van der Waals surface area contributed by atoms with E-state index < -0.39 is 10.0 Å². The Hall–Kier alpha value is -2.95. The summed E-state index contributed by atoms with van der Waals surface area (Å²) >= 11 is 0. The number of nitrogens with one attached hydrogen (secondary N) is 2. The summed E-state index contributed by atoms with van der Waals surface area (Å²) in [6, 6.07) is 15.3. The van der Waals surface area contributed by atoms with Gasteiger partial charge in [0.25, 0.3) is 5.91 Å². The Kier molecular flexibility index (Phi) is 10.1. The summed E-state index contributed by atoms with van der Waals surface area (Å²) in [5, 5.41) is 5.76. The Labute approximate surface area is 225 Å². The zero-order valence-electron chi connectivity index (χ0n) is 21.9. The van der Waals surface area contributed by atoms with E-state index in [1.165, 1.54) is 4.31 Å². The Bertz CT molecular complexity index is 1180. The van der Waals surface area contributed by atoms with Crippen molar-refractivity contribution in [2.45, 2.75) is 45.2 Å². The van der Waals surface area contributed by atoms with Crippen LogP contribution in [-0.4, -0.2) is 74.5 Å². The molecule has 0 atom stereocenters. The van der Waals surface area contributed by atoms with Crippen LogP contribution in [0.3, 0.4) is 0 Å². The SMILES string of the molecule is O=C1CN(Cc2ccccc2)Cc2ccc(C(=O)NCCS(=O)(=O)N3CCCC3)cc2OCCCCCN1. The second-order valence-electron chi connectivity index (χ2n) is 9.89. The zero-order valence-corrected chi connectivity index (χ0v) is 22.7. The maximum absolute atomic E-state index is 12.9. The van der Waals surface area contributed by atoms with E-state index in [2.05, 4.69) is 15.5 Å². The van der Waals surface area contributed by atoms with Gasteiger partial charge in [-0.25, -0.2) is 12.7 Å². The van der Waals surface area contributed by atoms with Crippen molar-refractivity contribution in [1.82, 2.24) is 19.8 Å². The molecule has 1 saturated heterocycles. The molecule has 38 heavy (non-hydrogen) atoms. The molecule has 2 heterocycles. The van der Waals surface area contributed by atoms with Crippen LogP contribution in [0, 0.1) is 0 Å². The normalized spacial score (nSPS) is 18.3. The standard InChI is InChI=1S/C28H38N4O5S/c33-27-22-31(20-23-9-3-1-4-10-23)21-25-12-11-24(19-26(25)37-17-8-2-5-13-29-27)28(34)30-14-18-38(35,36)32-15-6-7-16-32/h1,3-4,9-12,19H,2,5-8,13-18,20-22H2,(H,29,33)(H,30,34). The number of carbonyl (C=O) groups excluding carboxylic acids is 2. The molecule has 0 saturated carbocycles. The highest BCUT2D eigenvalue weighted by atomic mass is 32.2. The van der Waals surface area contributed by atoms with Crippen molar-refractivity contribution in [3.63, 3.8) is 0 Å². The topological polar surface area (TPSA) is 108 Å². The van der Waals surface area contributed by atoms with Crippen LogP contribution in [0.25, 0.3) is 0 Å². The molecule has 1 fully saturated rings. The number of rotatable bonds is 7. The number of amides is 2. The van der Waals surface area contributed by atoms with Crippen molar-refractivity contribution >= 4 is 21.8 Å². The number of nitrogens with zero attached hydrogens (tertiary/aromatic N) is 2. The number of benzene rings is 2. The highest BCUT2D eigenvalue weighted by Crippen LogP contribution is 2.24. The quantitative estimate of drug-likeness (QED) is 0.557. The van der Waals surface area contributed by atoms with Crippen molar-refractivity contribution in [3.05, 3.63) is 65.2 Å². The lowest BCUT2D eigenvalue weighted by atomic mass is 10.1. The van der Waals surface area contributed by atoms with Gasteiger partial charge in [-0.3, -0.25) is 14.5 Å². The minimum atomic E-state index is -3.36. The smallest absolute Gasteiger partial charge is 0.251 e. The summed E-state index contributed by atoms with van der Waals surface area (Å²) in [4.78, 5) is 27.5. The first-order valence-corrected chi connectivity index (χ1v) is 15.1. The number of hydrogen-bond acceptors (Lipinski definition) is 6. The summed E-state index contributed by atoms with van der Waals surface area (Å²) in [7, 11) is -3.36. The maximum Gasteiger partial charge on any atom is 0.251 e. The Balaban J connectivity index is 1.46. The van der Waals surface area contributed by atoms with Crippen molar-refractivity contribution in [2.24, 2.45) is 0 Å². The fourth-order valence-corrected chi connectivity index (χ4v) is 6.21. The monoisotopic (exact) mass is 542 g/mol.